The Labute approximate surface area is 154 Å². The van der Waals surface area contributed by atoms with Gasteiger partial charge in [-0.2, -0.15) is 4.98 Å². The largest absolute Gasteiger partial charge is 0.351 e. The first-order valence-electron chi connectivity index (χ1n) is 10.4. The van der Waals surface area contributed by atoms with Crippen LogP contribution in [0, 0.1) is 5.41 Å². The van der Waals surface area contributed by atoms with Gasteiger partial charge in [-0.3, -0.25) is 9.13 Å². The first kappa shape index (κ1) is 16.3. The molecular weight excluding hydrogens is 326 g/mol. The molecule has 0 aromatic carbocycles. The average molecular weight is 355 g/mol. The lowest BCUT2D eigenvalue weighted by atomic mass is 9.84. The van der Waals surface area contributed by atoms with Crippen molar-refractivity contribution < 1.29 is 0 Å². The fourth-order valence-electron chi connectivity index (χ4n) is 5.79. The highest BCUT2D eigenvalue weighted by atomic mass is 16.1. The normalized spacial score (nSPS) is 25.7. The summed E-state index contributed by atoms with van der Waals surface area (Å²) in [7, 11) is 1.83. The van der Waals surface area contributed by atoms with Crippen molar-refractivity contribution in [2.24, 2.45) is 12.5 Å². The molecule has 0 radical (unpaired) electrons. The number of imidazole rings is 1. The van der Waals surface area contributed by atoms with Crippen LogP contribution in [0.4, 0.5) is 5.95 Å². The Hall–Kier alpha value is -1.85. The molecule has 5 rings (SSSR count). The van der Waals surface area contributed by atoms with E-state index in [0.717, 1.165) is 24.0 Å². The molecule has 2 aromatic rings. The van der Waals surface area contributed by atoms with E-state index < -0.39 is 0 Å². The maximum Gasteiger partial charge on any atom is 0.330 e. The van der Waals surface area contributed by atoms with Crippen molar-refractivity contribution in [3.8, 4) is 0 Å². The third-order valence-corrected chi connectivity index (χ3v) is 7.22. The Morgan fingerprint density at radius 1 is 1.12 bits per heavy atom. The Morgan fingerprint density at radius 2 is 1.88 bits per heavy atom. The quantitative estimate of drug-likeness (QED) is 0.910. The summed E-state index contributed by atoms with van der Waals surface area (Å²) in [4.78, 5) is 22.1. The molecule has 0 aliphatic heterocycles. The number of nitrogens with zero attached hydrogens (tertiary/aromatic N) is 4. The molecule has 1 spiro atoms. The molecule has 0 bridgehead atoms. The minimum absolute atomic E-state index is 0.0455. The van der Waals surface area contributed by atoms with E-state index in [1.54, 1.807) is 4.57 Å². The van der Waals surface area contributed by atoms with Crippen molar-refractivity contribution in [2.75, 3.05) is 5.32 Å². The van der Waals surface area contributed by atoms with Crippen molar-refractivity contribution in [3.63, 3.8) is 0 Å². The minimum Gasteiger partial charge on any atom is -0.351 e. The highest BCUT2D eigenvalue weighted by molar-refractivity contribution is 5.72. The highest BCUT2D eigenvalue weighted by Gasteiger charge is 2.41. The molecule has 3 fully saturated rings. The van der Waals surface area contributed by atoms with E-state index in [-0.39, 0.29) is 5.69 Å². The van der Waals surface area contributed by atoms with E-state index in [9.17, 15) is 4.79 Å². The molecule has 2 heterocycles. The van der Waals surface area contributed by atoms with Gasteiger partial charge >= 0.3 is 5.69 Å². The molecule has 1 N–H and O–H groups in total. The van der Waals surface area contributed by atoms with Gasteiger partial charge in [-0.05, 0) is 50.4 Å². The summed E-state index contributed by atoms with van der Waals surface area (Å²) in [5, 5.41) is 3.58. The third kappa shape index (κ3) is 2.57. The molecular formula is C20H29N5O. The Kier molecular flexibility index (Phi) is 3.83. The number of anilines is 1. The summed E-state index contributed by atoms with van der Waals surface area (Å²) in [6.07, 6.45) is 15.8. The van der Waals surface area contributed by atoms with Crippen LogP contribution in [0.2, 0.25) is 0 Å². The molecule has 0 saturated heterocycles. The van der Waals surface area contributed by atoms with Crippen LogP contribution in [0.1, 0.15) is 76.7 Å². The van der Waals surface area contributed by atoms with Crippen LogP contribution in [0.5, 0.6) is 0 Å². The van der Waals surface area contributed by atoms with E-state index in [2.05, 4.69) is 10.3 Å². The predicted octanol–water partition coefficient (Wildman–Crippen LogP) is 3.77. The monoisotopic (exact) mass is 355 g/mol. The molecule has 0 amide bonds. The van der Waals surface area contributed by atoms with Crippen molar-refractivity contribution in [1.82, 2.24) is 19.1 Å². The second kappa shape index (κ2) is 6.10. The minimum atomic E-state index is 0.0455. The van der Waals surface area contributed by atoms with Crippen molar-refractivity contribution >= 4 is 17.1 Å². The number of nitrogens with one attached hydrogen (secondary N) is 1. The Morgan fingerprint density at radius 3 is 2.65 bits per heavy atom. The molecule has 3 aliphatic carbocycles. The molecule has 140 valence electrons. The maximum atomic E-state index is 12.7. The zero-order valence-corrected chi connectivity index (χ0v) is 15.7. The zero-order chi connectivity index (χ0) is 17.7. The second-order valence-corrected chi connectivity index (χ2v) is 8.84. The van der Waals surface area contributed by atoms with E-state index in [1.165, 1.54) is 57.8 Å². The van der Waals surface area contributed by atoms with Gasteiger partial charge in [0.25, 0.3) is 0 Å². The molecule has 26 heavy (non-hydrogen) atoms. The van der Waals surface area contributed by atoms with Gasteiger partial charge in [0.1, 0.15) is 5.52 Å². The summed E-state index contributed by atoms with van der Waals surface area (Å²) in [5.41, 5.74) is 2.27. The SMILES string of the molecule is Cn1c(=O)n(C2CCCC2)c2nc(NC3CCC4(CCCC4)C3)ncc21. The Bertz CT molecular complexity index is 870. The lowest BCUT2D eigenvalue weighted by Crippen LogP contribution is -2.25. The van der Waals surface area contributed by atoms with E-state index >= 15 is 0 Å². The van der Waals surface area contributed by atoms with Gasteiger partial charge in [0.2, 0.25) is 5.95 Å². The average Bonchev–Trinajstić information content (AvgIpc) is 3.41. The lowest BCUT2D eigenvalue weighted by Gasteiger charge is -2.22. The van der Waals surface area contributed by atoms with Gasteiger partial charge in [-0.15, -0.1) is 0 Å². The molecule has 3 saturated carbocycles. The van der Waals surface area contributed by atoms with Gasteiger partial charge in [-0.1, -0.05) is 25.7 Å². The van der Waals surface area contributed by atoms with E-state index in [0.29, 0.717) is 23.4 Å². The summed E-state index contributed by atoms with van der Waals surface area (Å²) >= 11 is 0. The molecule has 3 aliphatic rings. The van der Waals surface area contributed by atoms with Gasteiger partial charge in [0.05, 0.1) is 6.20 Å². The van der Waals surface area contributed by atoms with E-state index in [1.807, 2.05) is 17.8 Å². The van der Waals surface area contributed by atoms with Crippen LogP contribution < -0.4 is 11.0 Å². The molecule has 1 atom stereocenters. The van der Waals surface area contributed by atoms with Crippen LogP contribution in [-0.2, 0) is 7.05 Å². The summed E-state index contributed by atoms with van der Waals surface area (Å²) in [5.74, 6) is 0.690. The van der Waals surface area contributed by atoms with Crippen LogP contribution in [0.3, 0.4) is 0 Å². The van der Waals surface area contributed by atoms with Crippen molar-refractivity contribution in [3.05, 3.63) is 16.7 Å². The first-order chi connectivity index (χ1) is 12.7. The van der Waals surface area contributed by atoms with Crippen LogP contribution >= 0.6 is 0 Å². The van der Waals surface area contributed by atoms with E-state index in [4.69, 9.17) is 4.98 Å². The highest BCUT2D eigenvalue weighted by Crippen LogP contribution is 2.50. The zero-order valence-electron chi connectivity index (χ0n) is 15.7. The fourth-order valence-corrected chi connectivity index (χ4v) is 5.79. The smallest absolute Gasteiger partial charge is 0.330 e. The van der Waals surface area contributed by atoms with Gasteiger partial charge in [0.15, 0.2) is 5.65 Å². The van der Waals surface area contributed by atoms with Gasteiger partial charge in [-0.25, -0.2) is 9.78 Å². The lowest BCUT2D eigenvalue weighted by molar-refractivity contribution is 0.306. The molecule has 2 aromatic heterocycles. The van der Waals surface area contributed by atoms with Gasteiger partial charge in [0, 0.05) is 19.1 Å². The molecule has 1 unspecified atom stereocenters. The Balaban J connectivity index is 1.44. The summed E-state index contributed by atoms with van der Waals surface area (Å²) in [6.45, 7) is 0. The third-order valence-electron chi connectivity index (χ3n) is 7.22. The van der Waals surface area contributed by atoms with Crippen LogP contribution in [0.25, 0.3) is 11.2 Å². The number of aromatic nitrogens is 4. The second-order valence-electron chi connectivity index (χ2n) is 8.84. The van der Waals surface area contributed by atoms with Crippen molar-refractivity contribution in [1.29, 1.82) is 0 Å². The first-order valence-corrected chi connectivity index (χ1v) is 10.4. The van der Waals surface area contributed by atoms with Crippen molar-refractivity contribution in [2.45, 2.75) is 82.7 Å². The predicted molar refractivity (Wildman–Crippen MR) is 102 cm³/mol. The number of hydrogen-bond donors (Lipinski definition) is 1. The summed E-state index contributed by atoms with van der Waals surface area (Å²) in [6, 6.07) is 0.767. The van der Waals surface area contributed by atoms with Crippen LogP contribution in [-0.4, -0.2) is 25.1 Å². The number of fused-ring (bicyclic) bond motifs is 1. The van der Waals surface area contributed by atoms with Crippen LogP contribution in [0.15, 0.2) is 11.0 Å². The standard InChI is InChI=1S/C20H29N5O/c1-24-16-13-21-18(22-14-8-11-20(12-14)9-4-5-10-20)23-17(16)25(19(24)26)15-6-2-3-7-15/h13-15H,2-12H2,1H3,(H,21,22,23). The topological polar surface area (TPSA) is 64.7 Å². The summed E-state index contributed by atoms with van der Waals surface area (Å²) < 4.78 is 3.61. The fraction of sp³-hybridized carbons (Fsp3) is 0.750. The maximum absolute atomic E-state index is 12.7. The van der Waals surface area contributed by atoms with Gasteiger partial charge < -0.3 is 5.32 Å². The molecule has 6 nitrogen and oxygen atoms in total. The number of hydrogen-bond acceptors (Lipinski definition) is 4. The number of aryl methyl sites for hydroxylation is 1. The molecule has 6 heteroatoms. The number of rotatable bonds is 3.